The smallest absolute Gasteiger partial charge is 0.381 e. The maximum Gasteiger partial charge on any atom is 0.394 e. The molecule has 35 heavy (non-hydrogen) atoms. The van der Waals surface area contributed by atoms with Crippen molar-refractivity contribution in [3.05, 3.63) is 46.9 Å². The Hall–Kier alpha value is -3.22. The van der Waals surface area contributed by atoms with E-state index in [0.717, 1.165) is 23.4 Å². The van der Waals surface area contributed by atoms with Gasteiger partial charge < -0.3 is 21.3 Å². The standard InChI is InChI=1S/C21H20ClF5N6O2/c22-10-6-11(23)8-12(7-10)32-20(16-14(24)17(28)31-9-30-16)3-1-5-33(19(20)35)15-13(21(25,26)27)2-4-29-18(15)34/h6-9,13,15,32H,1-5H2,(H,29,34)(H2,28,30,31)/t13?,15?,20-/m1/s1. The second-order valence-electron chi connectivity index (χ2n) is 8.38. The number of rotatable bonds is 4. The monoisotopic (exact) mass is 518 g/mol. The van der Waals surface area contributed by atoms with Gasteiger partial charge in [0.25, 0.3) is 5.91 Å². The number of benzene rings is 1. The van der Waals surface area contributed by atoms with Crippen LogP contribution in [0.15, 0.2) is 24.5 Å². The van der Waals surface area contributed by atoms with Gasteiger partial charge in [-0.2, -0.15) is 13.2 Å². The minimum Gasteiger partial charge on any atom is -0.381 e. The summed E-state index contributed by atoms with van der Waals surface area (Å²) in [6, 6.07) is 1.36. The molecule has 188 valence electrons. The summed E-state index contributed by atoms with van der Waals surface area (Å²) in [5.74, 6) is -6.68. The second kappa shape index (κ2) is 9.10. The predicted molar refractivity (Wildman–Crippen MR) is 115 cm³/mol. The third-order valence-corrected chi connectivity index (χ3v) is 6.40. The lowest BCUT2D eigenvalue weighted by Gasteiger charge is -2.47. The number of likely N-dealkylation sites (tertiary alicyclic amines) is 1. The molecule has 2 amide bonds. The van der Waals surface area contributed by atoms with Gasteiger partial charge in [0, 0.05) is 23.8 Å². The van der Waals surface area contributed by atoms with Crippen LogP contribution < -0.4 is 16.4 Å². The van der Waals surface area contributed by atoms with Crippen LogP contribution in [0.3, 0.4) is 0 Å². The summed E-state index contributed by atoms with van der Waals surface area (Å²) in [5, 5.41) is 5.05. The zero-order valence-electron chi connectivity index (χ0n) is 18.0. The molecule has 2 aliphatic heterocycles. The lowest BCUT2D eigenvalue weighted by molar-refractivity contribution is -0.202. The van der Waals surface area contributed by atoms with E-state index < -0.39 is 65.1 Å². The third kappa shape index (κ3) is 4.56. The fraction of sp³-hybridized carbons (Fsp3) is 0.429. The van der Waals surface area contributed by atoms with E-state index in [-0.39, 0.29) is 36.6 Å². The van der Waals surface area contributed by atoms with E-state index in [2.05, 4.69) is 20.6 Å². The molecule has 4 rings (SSSR count). The van der Waals surface area contributed by atoms with Crippen molar-refractivity contribution in [1.29, 1.82) is 0 Å². The Labute approximate surface area is 201 Å². The summed E-state index contributed by atoms with van der Waals surface area (Å²) in [7, 11) is 0. The van der Waals surface area contributed by atoms with Crippen LogP contribution >= 0.6 is 11.6 Å². The van der Waals surface area contributed by atoms with Gasteiger partial charge in [-0.15, -0.1) is 0 Å². The van der Waals surface area contributed by atoms with Gasteiger partial charge in [-0.25, -0.2) is 18.7 Å². The number of carbonyl (C=O) groups is 2. The number of anilines is 2. The zero-order chi connectivity index (χ0) is 25.5. The minimum atomic E-state index is -4.77. The molecule has 2 unspecified atom stereocenters. The molecule has 0 aliphatic carbocycles. The highest BCUT2D eigenvalue weighted by atomic mass is 35.5. The summed E-state index contributed by atoms with van der Waals surface area (Å²) in [6.07, 6.45) is -4.38. The van der Waals surface area contributed by atoms with Crippen molar-refractivity contribution in [3.63, 3.8) is 0 Å². The summed E-state index contributed by atoms with van der Waals surface area (Å²) in [5.41, 5.74) is 2.86. The molecule has 3 atom stereocenters. The van der Waals surface area contributed by atoms with Crippen LogP contribution in [0.25, 0.3) is 0 Å². The van der Waals surface area contributed by atoms with Crippen LogP contribution in [0.4, 0.5) is 33.5 Å². The summed E-state index contributed by atoms with van der Waals surface area (Å²) in [6.45, 7) is -0.400. The Morgan fingerprint density at radius 2 is 1.94 bits per heavy atom. The van der Waals surface area contributed by atoms with Crippen LogP contribution in [-0.2, 0) is 15.1 Å². The normalized spacial score (nSPS) is 25.4. The number of alkyl halides is 3. The predicted octanol–water partition coefficient (Wildman–Crippen LogP) is 2.99. The third-order valence-electron chi connectivity index (χ3n) is 6.18. The van der Waals surface area contributed by atoms with Crippen molar-refractivity contribution in [1.82, 2.24) is 20.2 Å². The molecule has 0 spiro atoms. The number of nitrogens with one attached hydrogen (secondary N) is 2. The highest BCUT2D eigenvalue weighted by Gasteiger charge is 2.57. The number of piperidine rings is 2. The number of amides is 2. The molecule has 3 heterocycles. The molecule has 0 bridgehead atoms. The minimum absolute atomic E-state index is 0.0470. The van der Waals surface area contributed by atoms with Crippen LogP contribution in [0.2, 0.25) is 5.02 Å². The van der Waals surface area contributed by atoms with Crippen LogP contribution in [-0.4, -0.2) is 52.0 Å². The number of nitrogens with zero attached hydrogens (tertiary/aromatic N) is 3. The molecule has 1 aromatic carbocycles. The Balaban J connectivity index is 1.85. The Morgan fingerprint density at radius 3 is 2.63 bits per heavy atom. The first-order valence-corrected chi connectivity index (χ1v) is 11.0. The SMILES string of the molecule is Nc1ncnc([C@]2(Nc3cc(F)cc(Cl)c3)CCCN(C3C(=O)NCCC3C(F)(F)F)C2=O)c1F. The molecule has 4 N–H and O–H groups in total. The van der Waals surface area contributed by atoms with Gasteiger partial charge in [0.05, 0.1) is 5.92 Å². The van der Waals surface area contributed by atoms with Gasteiger partial charge in [-0.1, -0.05) is 11.6 Å². The molecule has 2 saturated heterocycles. The molecule has 2 aliphatic rings. The van der Waals surface area contributed by atoms with Gasteiger partial charge in [0.2, 0.25) is 5.91 Å². The number of carbonyl (C=O) groups excluding carboxylic acids is 2. The van der Waals surface area contributed by atoms with Gasteiger partial charge in [0.1, 0.15) is 23.9 Å². The molecular weight excluding hydrogens is 499 g/mol. The van der Waals surface area contributed by atoms with Crippen LogP contribution in [0.1, 0.15) is 25.0 Å². The molecule has 0 saturated carbocycles. The molecule has 14 heteroatoms. The Kier molecular flexibility index (Phi) is 6.47. The van der Waals surface area contributed by atoms with E-state index in [4.69, 9.17) is 17.3 Å². The van der Waals surface area contributed by atoms with E-state index >= 15 is 4.39 Å². The van der Waals surface area contributed by atoms with Gasteiger partial charge in [-0.05, 0) is 37.5 Å². The highest BCUT2D eigenvalue weighted by Crippen LogP contribution is 2.42. The average Bonchev–Trinajstić information content (AvgIpc) is 2.76. The Bertz CT molecular complexity index is 1150. The fourth-order valence-corrected chi connectivity index (χ4v) is 4.90. The number of hydrogen-bond acceptors (Lipinski definition) is 6. The van der Waals surface area contributed by atoms with Crippen LogP contribution in [0.5, 0.6) is 0 Å². The zero-order valence-corrected chi connectivity index (χ0v) is 18.8. The first kappa shape index (κ1) is 24.9. The number of hydrogen-bond donors (Lipinski definition) is 3. The summed E-state index contributed by atoms with van der Waals surface area (Å²) in [4.78, 5) is 34.7. The number of aromatic nitrogens is 2. The number of nitrogens with two attached hydrogens (primary N) is 1. The molecular formula is C21H20ClF5N6O2. The number of halogens is 6. The van der Waals surface area contributed by atoms with Crippen molar-refractivity contribution < 1.29 is 31.5 Å². The maximum absolute atomic E-state index is 15.2. The quantitative estimate of drug-likeness (QED) is 0.536. The van der Waals surface area contributed by atoms with Crippen molar-refractivity contribution in [2.24, 2.45) is 5.92 Å². The molecule has 8 nitrogen and oxygen atoms in total. The fourth-order valence-electron chi connectivity index (χ4n) is 4.68. The van der Waals surface area contributed by atoms with Crippen molar-refractivity contribution in [2.45, 2.75) is 37.0 Å². The lowest BCUT2D eigenvalue weighted by atomic mass is 9.80. The highest BCUT2D eigenvalue weighted by molar-refractivity contribution is 6.30. The van der Waals surface area contributed by atoms with E-state index in [1.54, 1.807) is 0 Å². The van der Waals surface area contributed by atoms with Crippen molar-refractivity contribution >= 4 is 34.9 Å². The maximum atomic E-state index is 15.2. The molecule has 2 aromatic rings. The summed E-state index contributed by atoms with van der Waals surface area (Å²) < 4.78 is 70.7. The van der Waals surface area contributed by atoms with E-state index in [9.17, 15) is 27.2 Å². The Morgan fingerprint density at radius 1 is 1.20 bits per heavy atom. The first-order chi connectivity index (χ1) is 16.4. The lowest BCUT2D eigenvalue weighted by Crippen LogP contribution is -2.66. The van der Waals surface area contributed by atoms with E-state index in [0.29, 0.717) is 0 Å². The average molecular weight is 519 g/mol. The van der Waals surface area contributed by atoms with Gasteiger partial charge >= 0.3 is 6.18 Å². The molecule has 1 aromatic heterocycles. The summed E-state index contributed by atoms with van der Waals surface area (Å²) >= 11 is 5.92. The molecule has 0 radical (unpaired) electrons. The molecule has 2 fully saturated rings. The van der Waals surface area contributed by atoms with Crippen molar-refractivity contribution in [2.75, 3.05) is 24.1 Å². The second-order valence-corrected chi connectivity index (χ2v) is 8.82. The van der Waals surface area contributed by atoms with Crippen LogP contribution in [0, 0.1) is 17.6 Å². The van der Waals surface area contributed by atoms with E-state index in [1.165, 1.54) is 6.07 Å². The van der Waals surface area contributed by atoms with E-state index in [1.807, 2.05) is 0 Å². The van der Waals surface area contributed by atoms with Gasteiger partial charge in [0.15, 0.2) is 17.2 Å². The van der Waals surface area contributed by atoms with Crippen molar-refractivity contribution in [3.8, 4) is 0 Å². The number of nitrogen functional groups attached to an aromatic ring is 1. The topological polar surface area (TPSA) is 113 Å². The first-order valence-electron chi connectivity index (χ1n) is 10.6. The van der Waals surface area contributed by atoms with Gasteiger partial charge in [-0.3, -0.25) is 9.59 Å². The largest absolute Gasteiger partial charge is 0.394 e.